The van der Waals surface area contributed by atoms with Gasteiger partial charge in [0.05, 0.1) is 5.54 Å². The molecule has 1 fully saturated rings. The maximum atomic E-state index is 11.9. The van der Waals surface area contributed by atoms with Gasteiger partial charge in [0.1, 0.15) is 0 Å². The summed E-state index contributed by atoms with van der Waals surface area (Å²) in [6, 6.07) is 8.01. The van der Waals surface area contributed by atoms with Crippen LogP contribution in [0.5, 0.6) is 0 Å². The minimum absolute atomic E-state index is 0.167. The fraction of sp³-hybridized carbons (Fsp3) is 0.562. The number of benzene rings is 1. The fourth-order valence-electron chi connectivity index (χ4n) is 2.30. The number of nitrogens with two attached hydrogens (primary N) is 1. The number of likely N-dealkylation sites (N-methyl/N-ethyl adjacent to an activating group) is 1. The first kappa shape index (κ1) is 15.9. The first-order valence-corrected chi connectivity index (χ1v) is 7.45. The SMILES string of the molecule is CN1CCN(Cc2cccc(NC(=O)C(C)(C)N)c2)CC1. The summed E-state index contributed by atoms with van der Waals surface area (Å²) in [5.74, 6) is -0.167. The molecule has 5 heteroatoms. The van der Waals surface area contributed by atoms with Gasteiger partial charge in [0.15, 0.2) is 0 Å². The minimum atomic E-state index is -0.868. The second-order valence-corrected chi connectivity index (χ2v) is 6.46. The first-order chi connectivity index (χ1) is 9.84. The molecule has 0 aliphatic carbocycles. The summed E-state index contributed by atoms with van der Waals surface area (Å²) < 4.78 is 0. The van der Waals surface area contributed by atoms with Crippen LogP contribution in [0.1, 0.15) is 19.4 Å². The zero-order valence-corrected chi connectivity index (χ0v) is 13.2. The average molecular weight is 290 g/mol. The predicted molar refractivity (Wildman–Crippen MR) is 86.1 cm³/mol. The molecule has 1 aliphatic heterocycles. The maximum Gasteiger partial charge on any atom is 0.243 e. The Morgan fingerprint density at radius 3 is 2.57 bits per heavy atom. The third kappa shape index (κ3) is 4.81. The van der Waals surface area contributed by atoms with Crippen LogP contribution < -0.4 is 11.1 Å². The number of nitrogens with one attached hydrogen (secondary N) is 1. The molecule has 5 nitrogen and oxygen atoms in total. The first-order valence-electron chi connectivity index (χ1n) is 7.45. The summed E-state index contributed by atoms with van der Waals surface area (Å²) in [7, 11) is 2.15. The lowest BCUT2D eigenvalue weighted by Crippen LogP contribution is -2.45. The Hall–Kier alpha value is -1.43. The highest BCUT2D eigenvalue weighted by Gasteiger charge is 2.22. The van der Waals surface area contributed by atoms with E-state index in [1.807, 2.05) is 18.2 Å². The highest BCUT2D eigenvalue weighted by atomic mass is 16.2. The molecule has 0 aromatic heterocycles. The van der Waals surface area contributed by atoms with Crippen molar-refractivity contribution in [3.05, 3.63) is 29.8 Å². The molecular formula is C16H26N4O. The van der Waals surface area contributed by atoms with Gasteiger partial charge < -0.3 is 16.0 Å². The molecule has 116 valence electrons. The Morgan fingerprint density at radius 2 is 1.95 bits per heavy atom. The lowest BCUT2D eigenvalue weighted by Gasteiger charge is -2.32. The van der Waals surface area contributed by atoms with Gasteiger partial charge in [-0.15, -0.1) is 0 Å². The van der Waals surface area contributed by atoms with E-state index in [9.17, 15) is 4.79 Å². The number of hydrogen-bond donors (Lipinski definition) is 2. The molecule has 1 heterocycles. The Kier molecular flexibility index (Phi) is 4.98. The van der Waals surface area contributed by atoms with Crippen molar-refractivity contribution in [2.45, 2.75) is 25.9 Å². The third-order valence-corrected chi connectivity index (χ3v) is 3.77. The molecule has 21 heavy (non-hydrogen) atoms. The van der Waals surface area contributed by atoms with Crippen LogP contribution in [-0.2, 0) is 11.3 Å². The highest BCUT2D eigenvalue weighted by Crippen LogP contribution is 2.15. The van der Waals surface area contributed by atoms with E-state index in [0.717, 1.165) is 38.4 Å². The Labute approximate surface area is 127 Å². The Bertz CT molecular complexity index is 487. The van der Waals surface area contributed by atoms with Crippen LogP contribution in [0.4, 0.5) is 5.69 Å². The van der Waals surface area contributed by atoms with E-state index >= 15 is 0 Å². The molecule has 1 amide bonds. The van der Waals surface area contributed by atoms with Gasteiger partial charge in [-0.2, -0.15) is 0 Å². The molecule has 0 atom stereocenters. The van der Waals surface area contributed by atoms with Gasteiger partial charge >= 0.3 is 0 Å². The van der Waals surface area contributed by atoms with E-state index in [1.165, 1.54) is 5.56 Å². The van der Waals surface area contributed by atoms with Crippen molar-refractivity contribution in [3.8, 4) is 0 Å². The van der Waals surface area contributed by atoms with Crippen LogP contribution in [0.2, 0.25) is 0 Å². The van der Waals surface area contributed by atoms with Gasteiger partial charge in [-0.1, -0.05) is 12.1 Å². The second-order valence-electron chi connectivity index (χ2n) is 6.46. The van der Waals surface area contributed by atoms with Crippen LogP contribution in [0.25, 0.3) is 0 Å². The summed E-state index contributed by atoms with van der Waals surface area (Å²) in [5.41, 5.74) is 6.96. The maximum absolute atomic E-state index is 11.9. The quantitative estimate of drug-likeness (QED) is 0.872. The number of hydrogen-bond acceptors (Lipinski definition) is 4. The molecule has 0 bridgehead atoms. The fourth-order valence-corrected chi connectivity index (χ4v) is 2.30. The van der Waals surface area contributed by atoms with Crippen LogP contribution in [0.3, 0.4) is 0 Å². The summed E-state index contributed by atoms with van der Waals surface area (Å²) in [5, 5.41) is 2.88. The summed E-state index contributed by atoms with van der Waals surface area (Å²) in [4.78, 5) is 16.7. The second kappa shape index (κ2) is 6.56. The average Bonchev–Trinajstić information content (AvgIpc) is 2.41. The van der Waals surface area contributed by atoms with Crippen molar-refractivity contribution < 1.29 is 4.79 Å². The molecule has 0 unspecified atom stereocenters. The van der Waals surface area contributed by atoms with Crippen molar-refractivity contribution in [1.29, 1.82) is 0 Å². The van der Waals surface area contributed by atoms with E-state index in [4.69, 9.17) is 5.73 Å². The number of piperazine rings is 1. The predicted octanol–water partition coefficient (Wildman–Crippen LogP) is 1.11. The molecule has 1 aromatic carbocycles. The van der Waals surface area contributed by atoms with Gasteiger partial charge in [-0.05, 0) is 38.6 Å². The molecule has 1 aromatic rings. The van der Waals surface area contributed by atoms with Gasteiger partial charge in [-0.25, -0.2) is 0 Å². The molecule has 1 aliphatic rings. The standard InChI is InChI=1S/C16H26N4O/c1-16(2,17)15(21)18-14-6-4-5-13(11-14)12-20-9-7-19(3)8-10-20/h4-6,11H,7-10,12,17H2,1-3H3,(H,18,21). The van der Waals surface area contributed by atoms with Crippen LogP contribution in [0.15, 0.2) is 24.3 Å². The molecule has 1 saturated heterocycles. The number of amides is 1. The molecule has 3 N–H and O–H groups in total. The van der Waals surface area contributed by atoms with E-state index in [2.05, 4.69) is 28.2 Å². The number of rotatable bonds is 4. The molecule has 0 spiro atoms. The van der Waals surface area contributed by atoms with E-state index in [-0.39, 0.29) is 5.91 Å². The van der Waals surface area contributed by atoms with Gasteiger partial charge in [0.2, 0.25) is 5.91 Å². The van der Waals surface area contributed by atoms with Crippen LogP contribution >= 0.6 is 0 Å². The van der Waals surface area contributed by atoms with Gasteiger partial charge in [0.25, 0.3) is 0 Å². The third-order valence-electron chi connectivity index (χ3n) is 3.77. The summed E-state index contributed by atoms with van der Waals surface area (Å²) in [6.07, 6.45) is 0. The van der Waals surface area contributed by atoms with Crippen molar-refractivity contribution in [3.63, 3.8) is 0 Å². The van der Waals surface area contributed by atoms with Crippen LogP contribution in [0, 0.1) is 0 Å². The lowest BCUT2D eigenvalue weighted by atomic mass is 10.1. The number of carbonyl (C=O) groups is 1. The van der Waals surface area contributed by atoms with Crippen molar-refractivity contribution in [1.82, 2.24) is 9.80 Å². The Balaban J connectivity index is 1.96. The van der Waals surface area contributed by atoms with Gasteiger partial charge in [0, 0.05) is 38.4 Å². The molecule has 0 saturated carbocycles. The number of carbonyl (C=O) groups excluding carboxylic acids is 1. The zero-order chi connectivity index (χ0) is 15.5. The normalized spacial score (nSPS) is 17.7. The highest BCUT2D eigenvalue weighted by molar-refractivity contribution is 5.97. The Morgan fingerprint density at radius 1 is 1.29 bits per heavy atom. The monoisotopic (exact) mass is 290 g/mol. The van der Waals surface area contributed by atoms with E-state index < -0.39 is 5.54 Å². The van der Waals surface area contributed by atoms with Crippen molar-refractivity contribution in [2.75, 3.05) is 38.5 Å². The van der Waals surface area contributed by atoms with Crippen molar-refractivity contribution >= 4 is 11.6 Å². The molecule has 0 radical (unpaired) electrons. The van der Waals surface area contributed by atoms with Crippen LogP contribution in [-0.4, -0.2) is 54.5 Å². The number of anilines is 1. The minimum Gasteiger partial charge on any atom is -0.325 e. The van der Waals surface area contributed by atoms with E-state index in [0.29, 0.717) is 0 Å². The van der Waals surface area contributed by atoms with E-state index in [1.54, 1.807) is 13.8 Å². The topological polar surface area (TPSA) is 61.6 Å². The summed E-state index contributed by atoms with van der Waals surface area (Å²) in [6.45, 7) is 8.72. The zero-order valence-electron chi connectivity index (χ0n) is 13.2. The van der Waals surface area contributed by atoms with Crippen molar-refractivity contribution in [2.24, 2.45) is 5.73 Å². The van der Waals surface area contributed by atoms with Gasteiger partial charge in [-0.3, -0.25) is 9.69 Å². The molecule has 2 rings (SSSR count). The lowest BCUT2D eigenvalue weighted by molar-refractivity contribution is -0.120. The number of nitrogens with zero attached hydrogens (tertiary/aromatic N) is 2. The molecular weight excluding hydrogens is 264 g/mol. The largest absolute Gasteiger partial charge is 0.325 e. The smallest absolute Gasteiger partial charge is 0.243 e. The summed E-state index contributed by atoms with van der Waals surface area (Å²) >= 11 is 0.